The highest BCUT2D eigenvalue weighted by molar-refractivity contribution is 5.68. The quantitative estimate of drug-likeness (QED) is 0.799. The van der Waals surface area contributed by atoms with Gasteiger partial charge in [0.1, 0.15) is 5.60 Å². The average molecular weight is 242 g/mol. The number of carbonyl (C=O) groups excluding carboxylic acids is 1. The summed E-state index contributed by atoms with van der Waals surface area (Å²) in [4.78, 5) is 11.6. The lowest BCUT2D eigenvalue weighted by Gasteiger charge is -2.22. The predicted octanol–water partition coefficient (Wildman–Crippen LogP) is 2.43. The Morgan fingerprint density at radius 1 is 1.24 bits per heavy atom. The molecule has 2 atom stereocenters. The second-order valence-corrected chi connectivity index (χ2v) is 6.17. The predicted molar refractivity (Wildman–Crippen MR) is 69.1 cm³/mol. The Hall–Kier alpha value is -0.770. The molecule has 0 radical (unpaired) electrons. The summed E-state index contributed by atoms with van der Waals surface area (Å²) in [5.41, 5.74) is -0.418. The molecule has 1 saturated carbocycles. The highest BCUT2D eigenvalue weighted by Crippen LogP contribution is 2.20. The van der Waals surface area contributed by atoms with Crippen molar-refractivity contribution in [1.29, 1.82) is 0 Å². The molecule has 1 amide bonds. The van der Waals surface area contributed by atoms with Crippen molar-refractivity contribution in [3.8, 4) is 0 Å². The van der Waals surface area contributed by atoms with Gasteiger partial charge in [-0.1, -0.05) is 13.8 Å². The highest BCUT2D eigenvalue weighted by atomic mass is 16.6. The fraction of sp³-hybridized carbons (Fsp3) is 0.923. The van der Waals surface area contributed by atoms with Crippen LogP contribution in [0.25, 0.3) is 0 Å². The van der Waals surface area contributed by atoms with Crippen LogP contribution in [-0.2, 0) is 4.74 Å². The normalized spacial score (nSPS) is 25.1. The minimum atomic E-state index is -0.418. The van der Waals surface area contributed by atoms with E-state index in [0.717, 1.165) is 19.3 Å². The summed E-state index contributed by atoms with van der Waals surface area (Å²) in [7, 11) is 0. The van der Waals surface area contributed by atoms with Gasteiger partial charge in [0.2, 0.25) is 0 Å². The van der Waals surface area contributed by atoms with E-state index >= 15 is 0 Å². The zero-order valence-corrected chi connectivity index (χ0v) is 11.7. The minimum Gasteiger partial charge on any atom is -0.444 e. The molecular formula is C13H26N2O2. The van der Waals surface area contributed by atoms with Crippen LogP contribution in [0.2, 0.25) is 0 Å². The Morgan fingerprint density at radius 2 is 1.82 bits per heavy atom. The SMILES string of the molecule is CC(C)NC1CCC(NC(=O)OC(C)(C)C)C1. The second kappa shape index (κ2) is 5.71. The monoisotopic (exact) mass is 242 g/mol. The standard InChI is InChI=1S/C13H26N2O2/c1-9(2)14-10-6-7-11(8-10)15-12(16)17-13(3,4)5/h9-11,14H,6-8H2,1-5H3,(H,15,16). The summed E-state index contributed by atoms with van der Waals surface area (Å²) in [6, 6.07) is 1.27. The molecule has 0 bridgehead atoms. The molecule has 0 saturated heterocycles. The minimum absolute atomic E-state index is 0.251. The van der Waals surface area contributed by atoms with Gasteiger partial charge in [0.15, 0.2) is 0 Å². The lowest BCUT2D eigenvalue weighted by Crippen LogP contribution is -2.39. The Bertz CT molecular complexity index is 259. The van der Waals surface area contributed by atoms with Crippen molar-refractivity contribution in [3.63, 3.8) is 0 Å². The second-order valence-electron chi connectivity index (χ2n) is 6.17. The molecule has 0 aliphatic heterocycles. The van der Waals surface area contributed by atoms with Crippen LogP contribution >= 0.6 is 0 Å². The summed E-state index contributed by atoms with van der Waals surface area (Å²) >= 11 is 0. The van der Waals surface area contributed by atoms with E-state index in [2.05, 4.69) is 24.5 Å². The van der Waals surface area contributed by atoms with E-state index in [1.807, 2.05) is 20.8 Å². The third-order valence-corrected chi connectivity index (χ3v) is 2.72. The molecule has 17 heavy (non-hydrogen) atoms. The molecule has 0 spiro atoms. The van der Waals surface area contributed by atoms with Crippen LogP contribution in [-0.4, -0.2) is 29.8 Å². The summed E-state index contributed by atoms with van der Waals surface area (Å²) in [6.45, 7) is 9.93. The largest absolute Gasteiger partial charge is 0.444 e. The molecule has 1 fully saturated rings. The first-order valence-corrected chi connectivity index (χ1v) is 6.52. The molecule has 100 valence electrons. The zero-order valence-electron chi connectivity index (χ0n) is 11.7. The molecule has 0 aromatic carbocycles. The molecule has 0 heterocycles. The number of alkyl carbamates (subject to hydrolysis) is 1. The Labute approximate surface area is 104 Å². The number of carbonyl (C=O) groups is 1. The first-order chi connectivity index (χ1) is 7.76. The zero-order chi connectivity index (χ0) is 13.1. The lowest BCUT2D eigenvalue weighted by atomic mass is 10.2. The van der Waals surface area contributed by atoms with Crippen molar-refractivity contribution in [1.82, 2.24) is 10.6 Å². The summed E-state index contributed by atoms with van der Waals surface area (Å²) in [5, 5.41) is 6.44. The molecular weight excluding hydrogens is 216 g/mol. The van der Waals surface area contributed by atoms with Crippen LogP contribution in [0, 0.1) is 0 Å². The fourth-order valence-electron chi connectivity index (χ4n) is 2.21. The fourth-order valence-corrected chi connectivity index (χ4v) is 2.21. The number of amides is 1. The summed E-state index contributed by atoms with van der Waals surface area (Å²) in [5.74, 6) is 0. The third-order valence-electron chi connectivity index (χ3n) is 2.72. The molecule has 1 aliphatic rings. The number of hydrogen-bond donors (Lipinski definition) is 2. The smallest absolute Gasteiger partial charge is 0.407 e. The van der Waals surface area contributed by atoms with Crippen LogP contribution < -0.4 is 10.6 Å². The summed E-state index contributed by atoms with van der Waals surface area (Å²) < 4.78 is 5.25. The molecule has 1 aliphatic carbocycles. The van der Waals surface area contributed by atoms with Crippen molar-refractivity contribution in [2.24, 2.45) is 0 Å². The van der Waals surface area contributed by atoms with Crippen molar-refractivity contribution in [3.05, 3.63) is 0 Å². The molecule has 4 nitrogen and oxygen atoms in total. The van der Waals surface area contributed by atoms with Gasteiger partial charge in [-0.3, -0.25) is 0 Å². The first-order valence-electron chi connectivity index (χ1n) is 6.52. The number of nitrogens with one attached hydrogen (secondary N) is 2. The van der Waals surface area contributed by atoms with Crippen molar-refractivity contribution in [2.75, 3.05) is 0 Å². The van der Waals surface area contributed by atoms with Gasteiger partial charge in [0.05, 0.1) is 0 Å². The van der Waals surface area contributed by atoms with Crippen LogP contribution in [0.5, 0.6) is 0 Å². The number of hydrogen-bond acceptors (Lipinski definition) is 3. The van der Waals surface area contributed by atoms with Crippen molar-refractivity contribution in [2.45, 2.75) is 77.6 Å². The van der Waals surface area contributed by atoms with E-state index in [1.54, 1.807) is 0 Å². The van der Waals surface area contributed by atoms with E-state index in [9.17, 15) is 4.79 Å². The molecule has 1 rings (SSSR count). The van der Waals surface area contributed by atoms with Gasteiger partial charge < -0.3 is 15.4 Å². The molecule has 2 N–H and O–H groups in total. The van der Waals surface area contributed by atoms with Crippen LogP contribution in [0.3, 0.4) is 0 Å². The third kappa shape index (κ3) is 5.91. The topological polar surface area (TPSA) is 50.4 Å². The Kier molecular flexibility index (Phi) is 4.80. The van der Waals surface area contributed by atoms with Crippen molar-refractivity contribution >= 4 is 6.09 Å². The van der Waals surface area contributed by atoms with Gasteiger partial charge in [0, 0.05) is 18.1 Å². The van der Waals surface area contributed by atoms with Crippen LogP contribution in [0.15, 0.2) is 0 Å². The van der Waals surface area contributed by atoms with Gasteiger partial charge in [-0.15, -0.1) is 0 Å². The van der Waals surface area contributed by atoms with Crippen LogP contribution in [0.1, 0.15) is 53.9 Å². The van der Waals surface area contributed by atoms with E-state index in [-0.39, 0.29) is 12.1 Å². The average Bonchev–Trinajstić information content (AvgIpc) is 2.46. The van der Waals surface area contributed by atoms with Gasteiger partial charge in [-0.05, 0) is 40.0 Å². The maximum atomic E-state index is 11.6. The highest BCUT2D eigenvalue weighted by Gasteiger charge is 2.27. The van der Waals surface area contributed by atoms with E-state index < -0.39 is 5.60 Å². The molecule has 2 unspecified atom stereocenters. The molecule has 4 heteroatoms. The number of ether oxygens (including phenoxy) is 1. The van der Waals surface area contributed by atoms with Gasteiger partial charge in [-0.25, -0.2) is 4.79 Å². The van der Waals surface area contributed by atoms with Gasteiger partial charge in [-0.2, -0.15) is 0 Å². The van der Waals surface area contributed by atoms with E-state index in [4.69, 9.17) is 4.74 Å². The van der Waals surface area contributed by atoms with Gasteiger partial charge >= 0.3 is 6.09 Å². The maximum Gasteiger partial charge on any atom is 0.407 e. The summed E-state index contributed by atoms with van der Waals surface area (Å²) in [6.07, 6.45) is 2.85. The van der Waals surface area contributed by atoms with Crippen molar-refractivity contribution < 1.29 is 9.53 Å². The lowest BCUT2D eigenvalue weighted by molar-refractivity contribution is 0.0505. The van der Waals surface area contributed by atoms with Gasteiger partial charge in [0.25, 0.3) is 0 Å². The van der Waals surface area contributed by atoms with E-state index in [1.165, 1.54) is 0 Å². The molecule has 0 aromatic rings. The molecule has 0 aromatic heterocycles. The first kappa shape index (κ1) is 14.3. The number of rotatable bonds is 3. The van der Waals surface area contributed by atoms with Crippen LogP contribution in [0.4, 0.5) is 4.79 Å². The Morgan fingerprint density at radius 3 is 2.35 bits per heavy atom. The maximum absolute atomic E-state index is 11.6. The Balaban J connectivity index is 2.28. The van der Waals surface area contributed by atoms with E-state index in [0.29, 0.717) is 12.1 Å².